The van der Waals surface area contributed by atoms with Crippen LogP contribution in [0.1, 0.15) is 6.92 Å². The molecule has 0 fully saturated rings. The van der Waals surface area contributed by atoms with Crippen LogP contribution in [0.3, 0.4) is 0 Å². The minimum atomic E-state index is -4.72. The Morgan fingerprint density at radius 2 is 1.45 bits per heavy atom. The van der Waals surface area contributed by atoms with Crippen LogP contribution in [0.5, 0.6) is 11.5 Å². The summed E-state index contributed by atoms with van der Waals surface area (Å²) in [6, 6.07) is 24.3. The molecule has 1 atom stereocenters. The van der Waals surface area contributed by atoms with E-state index in [1.165, 1.54) is 6.92 Å². The summed E-state index contributed by atoms with van der Waals surface area (Å²) in [6.07, 6.45) is 0. The largest absolute Gasteiger partial charge is 0.469 e. The van der Waals surface area contributed by atoms with Crippen molar-refractivity contribution in [2.45, 2.75) is 12.5 Å². The number of phosphoric acid groups is 1. The highest BCUT2D eigenvalue weighted by molar-refractivity contribution is 7.46. The highest BCUT2D eigenvalue weighted by atomic mass is 31.2. The monoisotopic (exact) mass is 442 g/mol. The zero-order chi connectivity index (χ0) is 22.5. The van der Waals surface area contributed by atoms with Crippen LogP contribution < -0.4 is 15.8 Å². The Labute approximate surface area is 179 Å². The van der Waals surface area contributed by atoms with Gasteiger partial charge in [-0.15, -0.1) is 0 Å². The molecule has 1 amide bonds. The second-order valence-electron chi connectivity index (χ2n) is 7.15. The topological polar surface area (TPSA) is 131 Å². The van der Waals surface area contributed by atoms with Crippen LogP contribution in [0.15, 0.2) is 78.9 Å². The van der Waals surface area contributed by atoms with Crippen molar-refractivity contribution in [2.24, 2.45) is 5.73 Å². The van der Waals surface area contributed by atoms with Gasteiger partial charge in [0, 0.05) is 5.69 Å². The highest BCUT2D eigenvalue weighted by Gasteiger charge is 2.32. The van der Waals surface area contributed by atoms with E-state index < -0.39 is 25.9 Å². The van der Waals surface area contributed by atoms with Crippen LogP contribution in [0, 0.1) is 0 Å². The van der Waals surface area contributed by atoms with Gasteiger partial charge in [-0.2, -0.15) is 0 Å². The number of hydrogen-bond donors (Lipinski definition) is 4. The third kappa shape index (κ3) is 6.75. The van der Waals surface area contributed by atoms with Gasteiger partial charge >= 0.3 is 7.82 Å². The van der Waals surface area contributed by atoms with Crippen molar-refractivity contribution in [3.63, 3.8) is 0 Å². The summed E-state index contributed by atoms with van der Waals surface area (Å²) in [5.74, 6) is 0.595. The first kappa shape index (κ1) is 22.7. The van der Waals surface area contributed by atoms with Crippen molar-refractivity contribution in [1.82, 2.24) is 0 Å². The fourth-order valence-electron chi connectivity index (χ4n) is 2.65. The van der Waals surface area contributed by atoms with E-state index >= 15 is 0 Å². The second-order valence-corrected chi connectivity index (χ2v) is 8.39. The summed E-state index contributed by atoms with van der Waals surface area (Å²) < 4.78 is 21.0. The Hall–Kier alpha value is -3.00. The summed E-state index contributed by atoms with van der Waals surface area (Å²) in [6.45, 7) is 0.678. The summed E-state index contributed by atoms with van der Waals surface area (Å²) in [5, 5.41) is 2.58. The fraction of sp³-hybridized carbons (Fsp3) is 0.136. The van der Waals surface area contributed by atoms with Gasteiger partial charge < -0.3 is 25.6 Å². The molecule has 0 unspecified atom stereocenters. The van der Waals surface area contributed by atoms with E-state index in [4.69, 9.17) is 20.3 Å². The van der Waals surface area contributed by atoms with Gasteiger partial charge in [-0.3, -0.25) is 9.32 Å². The lowest BCUT2D eigenvalue weighted by molar-refractivity contribution is -0.121. The number of nitrogens with one attached hydrogen (secondary N) is 1. The molecule has 0 aliphatic carbocycles. The van der Waals surface area contributed by atoms with E-state index in [-0.39, 0.29) is 0 Å². The molecule has 0 radical (unpaired) electrons. The van der Waals surface area contributed by atoms with Gasteiger partial charge in [0.15, 0.2) is 0 Å². The normalized spacial score (nSPS) is 13.3. The Morgan fingerprint density at radius 1 is 0.935 bits per heavy atom. The predicted molar refractivity (Wildman–Crippen MR) is 118 cm³/mol. The maximum atomic E-state index is 12.3. The molecule has 5 N–H and O–H groups in total. The number of amides is 1. The average molecular weight is 442 g/mol. The molecule has 0 aliphatic heterocycles. The lowest BCUT2D eigenvalue weighted by Gasteiger charge is -2.23. The molecule has 31 heavy (non-hydrogen) atoms. The molecular formula is C22H23N2O6P. The van der Waals surface area contributed by atoms with Crippen LogP contribution in [0.4, 0.5) is 5.69 Å². The number of carbonyl (C=O) groups excluding carboxylic acids is 1. The Balaban J connectivity index is 1.59. The van der Waals surface area contributed by atoms with Crippen LogP contribution >= 0.6 is 7.82 Å². The first-order valence-electron chi connectivity index (χ1n) is 9.36. The number of ether oxygens (including phenoxy) is 1. The quantitative estimate of drug-likeness (QED) is 0.389. The molecule has 0 aliphatic rings. The molecule has 9 heteroatoms. The number of benzene rings is 3. The number of carbonyl (C=O) groups is 1. The standard InChI is InChI=1S/C22H23N2O6P/c1-22(23,15-29-31(26,27)28)21(25)24-18-9-13-20(14-10-18)30-19-11-7-17(8-12-19)16-5-3-2-4-6-16/h2-14H,15,23H2,1H3,(H,24,25)(H2,26,27,28)/t22-/m0/s1. The van der Waals surface area contributed by atoms with Crippen molar-refractivity contribution < 1.29 is 28.4 Å². The summed E-state index contributed by atoms with van der Waals surface area (Å²) in [7, 11) is -4.72. The minimum Gasteiger partial charge on any atom is -0.457 e. The molecule has 3 aromatic rings. The molecular weight excluding hydrogens is 419 g/mol. The Kier molecular flexibility index (Phi) is 6.90. The zero-order valence-corrected chi connectivity index (χ0v) is 17.7. The smallest absolute Gasteiger partial charge is 0.457 e. The van der Waals surface area contributed by atoms with E-state index in [0.717, 1.165) is 11.1 Å². The van der Waals surface area contributed by atoms with Gasteiger partial charge in [-0.25, -0.2) is 4.57 Å². The Bertz CT molecular complexity index is 1060. The fourth-order valence-corrected chi connectivity index (χ4v) is 3.08. The van der Waals surface area contributed by atoms with E-state index in [0.29, 0.717) is 17.2 Å². The van der Waals surface area contributed by atoms with Crippen molar-refractivity contribution in [1.29, 1.82) is 0 Å². The van der Waals surface area contributed by atoms with Gasteiger partial charge in [0.2, 0.25) is 5.91 Å². The number of nitrogens with two attached hydrogens (primary N) is 1. The SMILES string of the molecule is C[C@](N)(COP(=O)(O)O)C(=O)Nc1ccc(Oc2ccc(-c3ccccc3)cc2)cc1. The Morgan fingerprint density at radius 3 is 2.00 bits per heavy atom. The zero-order valence-electron chi connectivity index (χ0n) is 16.8. The van der Waals surface area contributed by atoms with Gasteiger partial charge in [-0.05, 0) is 54.4 Å². The molecule has 0 saturated heterocycles. The summed E-state index contributed by atoms with van der Waals surface area (Å²) in [4.78, 5) is 29.8. The number of anilines is 1. The molecule has 0 heterocycles. The van der Waals surface area contributed by atoms with Crippen molar-refractivity contribution in [2.75, 3.05) is 11.9 Å². The van der Waals surface area contributed by atoms with Crippen molar-refractivity contribution >= 4 is 19.4 Å². The number of hydrogen-bond acceptors (Lipinski definition) is 5. The van der Waals surface area contributed by atoms with Gasteiger partial charge in [0.25, 0.3) is 0 Å². The molecule has 3 aromatic carbocycles. The van der Waals surface area contributed by atoms with Crippen LogP contribution in [0.25, 0.3) is 11.1 Å². The lowest BCUT2D eigenvalue weighted by Crippen LogP contribution is -2.52. The number of rotatable bonds is 8. The second kappa shape index (κ2) is 9.43. The maximum absolute atomic E-state index is 12.3. The summed E-state index contributed by atoms with van der Waals surface area (Å²) in [5.41, 5.74) is 6.82. The predicted octanol–water partition coefficient (Wildman–Crippen LogP) is 3.91. The first-order valence-corrected chi connectivity index (χ1v) is 10.9. The van der Waals surface area contributed by atoms with Crippen LogP contribution in [-0.4, -0.2) is 27.8 Å². The van der Waals surface area contributed by atoms with Gasteiger partial charge in [-0.1, -0.05) is 42.5 Å². The molecule has 0 bridgehead atoms. The highest BCUT2D eigenvalue weighted by Crippen LogP contribution is 2.36. The molecule has 162 valence electrons. The van der Waals surface area contributed by atoms with E-state index in [9.17, 15) is 9.36 Å². The molecule has 8 nitrogen and oxygen atoms in total. The van der Waals surface area contributed by atoms with Gasteiger partial charge in [0.1, 0.15) is 17.0 Å². The third-order valence-corrected chi connectivity index (χ3v) is 4.83. The maximum Gasteiger partial charge on any atom is 0.469 e. The van der Waals surface area contributed by atoms with Crippen LogP contribution in [0.2, 0.25) is 0 Å². The molecule has 0 saturated carbocycles. The average Bonchev–Trinajstić information content (AvgIpc) is 2.74. The molecule has 0 aromatic heterocycles. The van der Waals surface area contributed by atoms with E-state index in [2.05, 4.69) is 9.84 Å². The first-order chi connectivity index (χ1) is 14.6. The molecule has 3 rings (SSSR count). The lowest BCUT2D eigenvalue weighted by atomic mass is 10.0. The van der Waals surface area contributed by atoms with Gasteiger partial charge in [0.05, 0.1) is 6.61 Å². The third-order valence-electron chi connectivity index (χ3n) is 4.36. The van der Waals surface area contributed by atoms with E-state index in [1.807, 2.05) is 54.6 Å². The number of phosphoric ester groups is 1. The minimum absolute atomic E-state index is 0.449. The van der Waals surface area contributed by atoms with Crippen LogP contribution in [-0.2, 0) is 13.9 Å². The van der Waals surface area contributed by atoms with Crippen molar-refractivity contribution in [3.8, 4) is 22.6 Å². The van der Waals surface area contributed by atoms with E-state index in [1.54, 1.807) is 24.3 Å². The summed E-state index contributed by atoms with van der Waals surface area (Å²) >= 11 is 0. The molecule has 0 spiro atoms. The van der Waals surface area contributed by atoms with Crippen molar-refractivity contribution in [3.05, 3.63) is 78.9 Å².